The lowest BCUT2D eigenvalue weighted by Gasteiger charge is -2.08. The number of hydrogen-bond acceptors (Lipinski definition) is 3. The maximum absolute atomic E-state index is 11.1. The summed E-state index contributed by atoms with van der Waals surface area (Å²) in [7, 11) is 3.07. The summed E-state index contributed by atoms with van der Waals surface area (Å²) in [6, 6.07) is 8.10. The molecule has 0 N–H and O–H groups in total. The van der Waals surface area contributed by atoms with Gasteiger partial charge in [0.2, 0.25) is 0 Å². The van der Waals surface area contributed by atoms with Crippen molar-refractivity contribution in [3.63, 3.8) is 0 Å². The number of allylic oxidation sites excluding steroid dienone is 3. The highest BCUT2D eigenvalue weighted by molar-refractivity contribution is 5.71. The molecule has 1 aromatic rings. The van der Waals surface area contributed by atoms with E-state index in [0.29, 0.717) is 6.42 Å². The van der Waals surface area contributed by atoms with Crippen LogP contribution in [0.1, 0.15) is 44.6 Å². The molecule has 0 heterocycles. The standard InChI is InChI=1S/C19H26O3/c1-4-5-6-9-16(10-7-8-11-19(20)22-3)17-12-14-18(21-2)15-13-17/h7-8,10,12-15H,4-6,9,11H2,1-3H3/b8-7+,16-10+. The molecule has 0 unspecified atom stereocenters. The Morgan fingerprint density at radius 2 is 1.86 bits per heavy atom. The van der Waals surface area contributed by atoms with Crippen LogP contribution in [-0.2, 0) is 9.53 Å². The van der Waals surface area contributed by atoms with Crippen LogP contribution >= 0.6 is 0 Å². The highest BCUT2D eigenvalue weighted by Gasteiger charge is 2.02. The normalized spacial score (nSPS) is 11.7. The molecular formula is C19H26O3. The van der Waals surface area contributed by atoms with Crippen molar-refractivity contribution in [2.24, 2.45) is 0 Å². The van der Waals surface area contributed by atoms with Gasteiger partial charge in [0.05, 0.1) is 20.6 Å². The van der Waals surface area contributed by atoms with E-state index < -0.39 is 0 Å². The zero-order valence-corrected chi connectivity index (χ0v) is 13.8. The van der Waals surface area contributed by atoms with Crippen molar-refractivity contribution in [1.29, 1.82) is 0 Å². The molecule has 0 aliphatic rings. The van der Waals surface area contributed by atoms with Gasteiger partial charge in [-0.05, 0) is 36.1 Å². The number of carbonyl (C=O) groups excluding carboxylic acids is 1. The summed E-state index contributed by atoms with van der Waals surface area (Å²) in [6.45, 7) is 2.20. The summed E-state index contributed by atoms with van der Waals surface area (Å²) in [4.78, 5) is 11.1. The Morgan fingerprint density at radius 3 is 2.45 bits per heavy atom. The molecule has 0 atom stereocenters. The van der Waals surface area contributed by atoms with Crippen LogP contribution in [-0.4, -0.2) is 20.2 Å². The molecule has 0 radical (unpaired) electrons. The lowest BCUT2D eigenvalue weighted by molar-refractivity contribution is -0.139. The smallest absolute Gasteiger partial charge is 0.309 e. The van der Waals surface area contributed by atoms with Crippen LogP contribution in [0.3, 0.4) is 0 Å². The van der Waals surface area contributed by atoms with Crippen LogP contribution in [0.25, 0.3) is 5.57 Å². The number of esters is 1. The molecule has 22 heavy (non-hydrogen) atoms. The van der Waals surface area contributed by atoms with E-state index in [0.717, 1.165) is 12.2 Å². The Kier molecular flexibility index (Phi) is 8.73. The molecule has 0 bridgehead atoms. The molecule has 0 saturated heterocycles. The first-order valence-electron chi connectivity index (χ1n) is 7.78. The Labute approximate surface area is 133 Å². The Morgan fingerprint density at radius 1 is 1.14 bits per heavy atom. The van der Waals surface area contributed by atoms with Crippen molar-refractivity contribution < 1.29 is 14.3 Å². The van der Waals surface area contributed by atoms with Gasteiger partial charge in [0.15, 0.2) is 0 Å². The first kappa shape index (κ1) is 18.0. The predicted molar refractivity (Wildman–Crippen MR) is 90.9 cm³/mol. The van der Waals surface area contributed by atoms with Gasteiger partial charge in [-0.3, -0.25) is 4.79 Å². The fraction of sp³-hybridized carbons (Fsp3) is 0.421. The summed E-state index contributed by atoms with van der Waals surface area (Å²) in [5.74, 6) is 0.638. The first-order valence-corrected chi connectivity index (χ1v) is 7.78. The van der Waals surface area contributed by atoms with Crippen molar-refractivity contribution in [3.8, 4) is 5.75 Å². The second-order valence-corrected chi connectivity index (χ2v) is 5.09. The van der Waals surface area contributed by atoms with Gasteiger partial charge in [-0.25, -0.2) is 0 Å². The van der Waals surface area contributed by atoms with Crippen molar-refractivity contribution in [1.82, 2.24) is 0 Å². The number of rotatable bonds is 9. The van der Waals surface area contributed by atoms with Gasteiger partial charge in [-0.15, -0.1) is 0 Å². The van der Waals surface area contributed by atoms with Gasteiger partial charge >= 0.3 is 5.97 Å². The molecule has 0 saturated carbocycles. The zero-order valence-electron chi connectivity index (χ0n) is 13.8. The van der Waals surface area contributed by atoms with Crippen LogP contribution in [0.5, 0.6) is 5.75 Å². The molecule has 0 aliphatic carbocycles. The van der Waals surface area contributed by atoms with Crippen LogP contribution in [0.15, 0.2) is 42.5 Å². The minimum atomic E-state index is -0.221. The highest BCUT2D eigenvalue weighted by atomic mass is 16.5. The number of carbonyl (C=O) groups is 1. The summed E-state index contributed by atoms with van der Waals surface area (Å²) in [5.41, 5.74) is 2.47. The summed E-state index contributed by atoms with van der Waals surface area (Å²) in [6.07, 6.45) is 10.8. The maximum atomic E-state index is 11.1. The van der Waals surface area contributed by atoms with Gasteiger partial charge in [0, 0.05) is 0 Å². The third-order valence-electron chi connectivity index (χ3n) is 3.46. The summed E-state index contributed by atoms with van der Waals surface area (Å²) < 4.78 is 9.82. The fourth-order valence-electron chi connectivity index (χ4n) is 2.13. The third kappa shape index (κ3) is 6.61. The second kappa shape index (κ2) is 10.7. The molecule has 0 aliphatic heterocycles. The Balaban J connectivity index is 2.79. The lowest BCUT2D eigenvalue weighted by atomic mass is 9.99. The van der Waals surface area contributed by atoms with Gasteiger partial charge in [0.1, 0.15) is 5.75 Å². The van der Waals surface area contributed by atoms with Gasteiger partial charge in [0.25, 0.3) is 0 Å². The second-order valence-electron chi connectivity index (χ2n) is 5.09. The van der Waals surface area contributed by atoms with E-state index in [9.17, 15) is 4.79 Å². The highest BCUT2D eigenvalue weighted by Crippen LogP contribution is 2.23. The molecule has 1 rings (SSSR count). The molecule has 3 heteroatoms. The van der Waals surface area contributed by atoms with Gasteiger partial charge < -0.3 is 9.47 Å². The Hall–Kier alpha value is -2.03. The van der Waals surface area contributed by atoms with Crippen molar-refractivity contribution in [2.75, 3.05) is 14.2 Å². The largest absolute Gasteiger partial charge is 0.497 e. The van der Waals surface area contributed by atoms with Crippen LogP contribution in [0.2, 0.25) is 0 Å². The van der Waals surface area contributed by atoms with Gasteiger partial charge in [-0.1, -0.05) is 50.1 Å². The van der Waals surface area contributed by atoms with E-state index >= 15 is 0 Å². The average molecular weight is 302 g/mol. The summed E-state index contributed by atoms with van der Waals surface area (Å²) in [5, 5.41) is 0. The van der Waals surface area contributed by atoms with Crippen LogP contribution < -0.4 is 4.74 Å². The van der Waals surface area contributed by atoms with Crippen molar-refractivity contribution in [3.05, 3.63) is 48.1 Å². The average Bonchev–Trinajstić information content (AvgIpc) is 2.57. The van der Waals surface area contributed by atoms with E-state index in [2.05, 4.69) is 29.9 Å². The molecular weight excluding hydrogens is 276 g/mol. The molecule has 0 spiro atoms. The molecule has 3 nitrogen and oxygen atoms in total. The maximum Gasteiger partial charge on any atom is 0.309 e. The molecule has 0 aromatic heterocycles. The molecule has 120 valence electrons. The van der Waals surface area contributed by atoms with E-state index in [1.807, 2.05) is 24.3 Å². The molecule has 0 fully saturated rings. The lowest BCUT2D eigenvalue weighted by Crippen LogP contribution is -1.96. The first-order chi connectivity index (χ1) is 10.7. The topological polar surface area (TPSA) is 35.5 Å². The molecule has 0 amide bonds. The number of methoxy groups -OCH3 is 2. The monoisotopic (exact) mass is 302 g/mol. The number of ether oxygens (including phenoxy) is 2. The number of hydrogen-bond donors (Lipinski definition) is 0. The fourth-order valence-corrected chi connectivity index (χ4v) is 2.13. The third-order valence-corrected chi connectivity index (χ3v) is 3.46. The number of unbranched alkanes of at least 4 members (excludes halogenated alkanes) is 2. The predicted octanol–water partition coefficient (Wildman–Crippen LogP) is 4.78. The van der Waals surface area contributed by atoms with Crippen LogP contribution in [0.4, 0.5) is 0 Å². The van der Waals surface area contributed by atoms with Crippen molar-refractivity contribution in [2.45, 2.75) is 39.0 Å². The summed E-state index contributed by atoms with van der Waals surface area (Å²) >= 11 is 0. The zero-order chi connectivity index (χ0) is 16.2. The van der Waals surface area contributed by atoms with Crippen LogP contribution in [0, 0.1) is 0 Å². The van der Waals surface area contributed by atoms with Crippen molar-refractivity contribution >= 4 is 11.5 Å². The minimum Gasteiger partial charge on any atom is -0.497 e. The van der Waals surface area contributed by atoms with E-state index in [1.165, 1.54) is 37.5 Å². The molecule has 1 aromatic carbocycles. The SMILES string of the molecule is CCCCC/C(=C\C=C\CC(=O)OC)c1ccc(OC)cc1. The van der Waals surface area contributed by atoms with E-state index in [1.54, 1.807) is 7.11 Å². The quantitative estimate of drug-likeness (QED) is 0.374. The number of benzene rings is 1. The van der Waals surface area contributed by atoms with Gasteiger partial charge in [-0.2, -0.15) is 0 Å². The minimum absolute atomic E-state index is 0.221. The van der Waals surface area contributed by atoms with E-state index in [4.69, 9.17) is 4.74 Å². The van der Waals surface area contributed by atoms with E-state index in [-0.39, 0.29) is 5.97 Å². The Bertz CT molecular complexity index is 498.